The Morgan fingerprint density at radius 2 is 2.08 bits per heavy atom. The minimum absolute atomic E-state index is 0.752. The van der Waals surface area contributed by atoms with Gasteiger partial charge in [-0.05, 0) is 30.9 Å². The molecule has 2 aromatic rings. The SMILES string of the molecule is CCNC(=NCc1sccc1C)N1CCN(c2nc(CC)ns2)CC1. The van der Waals surface area contributed by atoms with Gasteiger partial charge in [0.05, 0.1) is 6.54 Å². The van der Waals surface area contributed by atoms with Crippen molar-refractivity contribution < 1.29 is 0 Å². The van der Waals surface area contributed by atoms with E-state index in [0.29, 0.717) is 0 Å². The summed E-state index contributed by atoms with van der Waals surface area (Å²) in [4.78, 5) is 15.5. The lowest BCUT2D eigenvalue weighted by atomic mass is 10.3. The van der Waals surface area contributed by atoms with Gasteiger partial charge in [0.25, 0.3) is 0 Å². The molecule has 6 nitrogen and oxygen atoms in total. The maximum Gasteiger partial charge on any atom is 0.205 e. The first-order valence-corrected chi connectivity index (χ1v) is 10.5. The molecule has 1 saturated heterocycles. The van der Waals surface area contributed by atoms with Gasteiger partial charge < -0.3 is 15.1 Å². The summed E-state index contributed by atoms with van der Waals surface area (Å²) in [6.45, 7) is 11.8. The number of nitrogens with zero attached hydrogens (tertiary/aromatic N) is 5. The Morgan fingerprint density at radius 3 is 2.68 bits per heavy atom. The van der Waals surface area contributed by atoms with Gasteiger partial charge in [0.2, 0.25) is 5.13 Å². The Bertz CT molecular complexity index is 700. The number of hydrogen-bond acceptors (Lipinski definition) is 6. The first-order valence-electron chi connectivity index (χ1n) is 8.85. The van der Waals surface area contributed by atoms with E-state index >= 15 is 0 Å². The highest BCUT2D eigenvalue weighted by Gasteiger charge is 2.22. The van der Waals surface area contributed by atoms with E-state index in [1.54, 1.807) is 11.3 Å². The highest BCUT2D eigenvalue weighted by Crippen LogP contribution is 2.20. The summed E-state index contributed by atoms with van der Waals surface area (Å²) in [6.07, 6.45) is 0.899. The second-order valence-corrected chi connectivity index (χ2v) is 7.75. The van der Waals surface area contributed by atoms with Crippen LogP contribution in [0.5, 0.6) is 0 Å². The molecule has 25 heavy (non-hydrogen) atoms. The van der Waals surface area contributed by atoms with E-state index in [1.807, 2.05) is 0 Å². The van der Waals surface area contributed by atoms with Crippen LogP contribution in [0, 0.1) is 6.92 Å². The first-order chi connectivity index (χ1) is 12.2. The van der Waals surface area contributed by atoms with Crippen LogP contribution < -0.4 is 10.2 Å². The van der Waals surface area contributed by atoms with Gasteiger partial charge in [-0.25, -0.2) is 9.98 Å². The molecular weight excluding hydrogens is 352 g/mol. The minimum atomic E-state index is 0.752. The van der Waals surface area contributed by atoms with Gasteiger partial charge >= 0.3 is 0 Å². The van der Waals surface area contributed by atoms with Crippen LogP contribution in [0.1, 0.15) is 30.1 Å². The van der Waals surface area contributed by atoms with Crippen molar-refractivity contribution in [2.45, 2.75) is 33.7 Å². The molecule has 0 aliphatic carbocycles. The number of anilines is 1. The second kappa shape index (κ2) is 8.62. The smallest absolute Gasteiger partial charge is 0.205 e. The van der Waals surface area contributed by atoms with Crippen LogP contribution in [-0.4, -0.2) is 52.9 Å². The summed E-state index contributed by atoms with van der Waals surface area (Å²) in [5.41, 5.74) is 1.33. The van der Waals surface area contributed by atoms with Crippen molar-refractivity contribution in [2.24, 2.45) is 4.99 Å². The highest BCUT2D eigenvalue weighted by molar-refractivity contribution is 7.10. The van der Waals surface area contributed by atoms with E-state index < -0.39 is 0 Å². The molecule has 1 aliphatic rings. The lowest BCUT2D eigenvalue weighted by molar-refractivity contribution is 0.372. The Balaban J connectivity index is 1.61. The molecule has 1 N–H and O–H groups in total. The Morgan fingerprint density at radius 1 is 1.28 bits per heavy atom. The summed E-state index contributed by atoms with van der Waals surface area (Å²) in [5, 5.41) is 6.62. The molecule has 0 aromatic carbocycles. The average molecular weight is 379 g/mol. The molecule has 1 aliphatic heterocycles. The van der Waals surface area contributed by atoms with Gasteiger partial charge in [-0.1, -0.05) is 6.92 Å². The van der Waals surface area contributed by atoms with Crippen LogP contribution >= 0.6 is 22.9 Å². The molecular formula is C17H26N6S2. The van der Waals surface area contributed by atoms with Crippen molar-refractivity contribution >= 4 is 34.0 Å². The van der Waals surface area contributed by atoms with Gasteiger partial charge in [-0.2, -0.15) is 4.37 Å². The van der Waals surface area contributed by atoms with Crippen molar-refractivity contribution in [3.63, 3.8) is 0 Å². The number of rotatable bonds is 5. The average Bonchev–Trinajstić information content (AvgIpc) is 3.28. The Hall–Kier alpha value is -1.67. The molecule has 0 radical (unpaired) electrons. The number of hydrogen-bond donors (Lipinski definition) is 1. The third-order valence-corrected chi connectivity index (χ3v) is 6.12. The first kappa shape index (κ1) is 18.1. The van der Waals surface area contributed by atoms with E-state index in [-0.39, 0.29) is 0 Å². The number of aliphatic imine (C=N–C) groups is 1. The van der Waals surface area contributed by atoms with Crippen LogP contribution in [0.4, 0.5) is 5.13 Å². The van der Waals surface area contributed by atoms with Crippen molar-refractivity contribution in [2.75, 3.05) is 37.6 Å². The molecule has 0 unspecified atom stereocenters. The number of thiophene rings is 1. The number of piperazine rings is 1. The maximum absolute atomic E-state index is 4.85. The molecule has 0 amide bonds. The summed E-state index contributed by atoms with van der Waals surface area (Å²) < 4.78 is 4.40. The fourth-order valence-corrected chi connectivity index (χ4v) is 4.40. The summed E-state index contributed by atoms with van der Waals surface area (Å²) in [7, 11) is 0. The van der Waals surface area contributed by atoms with Gasteiger partial charge in [-0.3, -0.25) is 0 Å². The van der Waals surface area contributed by atoms with E-state index in [2.05, 4.69) is 56.7 Å². The molecule has 0 bridgehead atoms. The van der Waals surface area contributed by atoms with E-state index in [1.165, 1.54) is 22.0 Å². The van der Waals surface area contributed by atoms with Crippen LogP contribution in [0.25, 0.3) is 0 Å². The van der Waals surface area contributed by atoms with E-state index in [4.69, 9.17) is 4.99 Å². The van der Waals surface area contributed by atoms with Crippen molar-refractivity contribution in [3.05, 3.63) is 27.7 Å². The molecule has 8 heteroatoms. The lowest BCUT2D eigenvalue weighted by Gasteiger charge is -2.36. The van der Waals surface area contributed by atoms with Crippen molar-refractivity contribution in [1.29, 1.82) is 0 Å². The quantitative estimate of drug-likeness (QED) is 0.640. The lowest BCUT2D eigenvalue weighted by Crippen LogP contribution is -2.52. The fraction of sp³-hybridized carbons (Fsp3) is 0.588. The maximum atomic E-state index is 4.85. The molecule has 2 aromatic heterocycles. The molecule has 0 saturated carbocycles. The van der Waals surface area contributed by atoms with Gasteiger partial charge in [0.15, 0.2) is 5.96 Å². The molecule has 1 fully saturated rings. The zero-order chi connectivity index (χ0) is 17.6. The Labute approximate surface area is 157 Å². The van der Waals surface area contributed by atoms with Gasteiger partial charge in [-0.15, -0.1) is 11.3 Å². The Kier molecular flexibility index (Phi) is 6.25. The molecule has 3 rings (SSSR count). The normalized spacial score (nSPS) is 15.7. The van der Waals surface area contributed by atoms with Crippen LogP contribution in [0.3, 0.4) is 0 Å². The monoisotopic (exact) mass is 378 g/mol. The molecule has 136 valence electrons. The number of nitrogens with one attached hydrogen (secondary N) is 1. The predicted octanol–water partition coefficient (Wildman–Crippen LogP) is 2.76. The van der Waals surface area contributed by atoms with Gasteiger partial charge in [0, 0.05) is 55.6 Å². The third-order valence-electron chi connectivity index (χ3n) is 4.30. The number of aryl methyl sites for hydroxylation is 2. The highest BCUT2D eigenvalue weighted by atomic mass is 32.1. The minimum Gasteiger partial charge on any atom is -0.357 e. The number of guanidine groups is 1. The molecule has 0 spiro atoms. The topological polar surface area (TPSA) is 56.7 Å². The van der Waals surface area contributed by atoms with Crippen molar-refractivity contribution in [1.82, 2.24) is 19.6 Å². The van der Waals surface area contributed by atoms with Gasteiger partial charge in [0.1, 0.15) is 5.82 Å². The zero-order valence-electron chi connectivity index (χ0n) is 15.2. The third kappa shape index (κ3) is 4.49. The molecule has 0 atom stereocenters. The molecule has 3 heterocycles. The standard InChI is InChI=1S/C17H26N6S2/c1-4-15-20-17(25-21-15)23-9-7-22(8-10-23)16(18-5-2)19-12-14-13(3)6-11-24-14/h6,11H,4-5,7-10,12H2,1-3H3,(H,18,19). The summed E-state index contributed by atoms with van der Waals surface area (Å²) >= 11 is 3.30. The van der Waals surface area contributed by atoms with Crippen LogP contribution in [0.15, 0.2) is 16.4 Å². The summed E-state index contributed by atoms with van der Waals surface area (Å²) in [6, 6.07) is 2.16. The van der Waals surface area contributed by atoms with Crippen LogP contribution in [0.2, 0.25) is 0 Å². The fourth-order valence-electron chi connectivity index (χ4n) is 2.76. The zero-order valence-corrected chi connectivity index (χ0v) is 16.8. The van der Waals surface area contributed by atoms with E-state index in [0.717, 1.165) is 62.6 Å². The largest absolute Gasteiger partial charge is 0.357 e. The predicted molar refractivity (Wildman–Crippen MR) is 107 cm³/mol. The van der Waals surface area contributed by atoms with E-state index in [9.17, 15) is 0 Å². The second-order valence-electron chi connectivity index (χ2n) is 6.02. The van der Waals surface area contributed by atoms with Crippen molar-refractivity contribution in [3.8, 4) is 0 Å². The number of aromatic nitrogens is 2. The van der Waals surface area contributed by atoms with Crippen LogP contribution in [-0.2, 0) is 13.0 Å². The summed E-state index contributed by atoms with van der Waals surface area (Å²) in [5.74, 6) is 1.96.